The highest BCUT2D eigenvalue weighted by Gasteiger charge is 2.22. The first-order valence-electron chi connectivity index (χ1n) is 3.45. The zero-order valence-electron chi connectivity index (χ0n) is 6.03. The van der Waals surface area contributed by atoms with E-state index in [-0.39, 0.29) is 18.9 Å². The Bertz CT molecular complexity index is 153. The molecule has 0 aliphatic carbocycles. The number of hydrogen-bond acceptors (Lipinski definition) is 4. The van der Waals surface area contributed by atoms with Gasteiger partial charge in [-0.15, -0.1) is 0 Å². The molecular formula is C5H12NO4P. The van der Waals surface area contributed by atoms with Gasteiger partial charge in [0.15, 0.2) is 0 Å². The summed E-state index contributed by atoms with van der Waals surface area (Å²) in [6.45, 7) is 0.169. The van der Waals surface area contributed by atoms with Gasteiger partial charge in [-0.1, -0.05) is 0 Å². The Labute approximate surface area is 65.4 Å². The van der Waals surface area contributed by atoms with Crippen LogP contribution in [0.2, 0.25) is 0 Å². The zero-order valence-corrected chi connectivity index (χ0v) is 7.03. The van der Waals surface area contributed by atoms with Gasteiger partial charge in [0.25, 0.3) is 0 Å². The van der Waals surface area contributed by atoms with Gasteiger partial charge >= 0.3 is 8.25 Å². The van der Waals surface area contributed by atoms with Gasteiger partial charge in [0.1, 0.15) is 6.23 Å². The van der Waals surface area contributed by atoms with E-state index in [0.29, 0.717) is 0 Å². The SMILES string of the molecule is NC1CCC(CO[PH](=O)O)O1. The Balaban J connectivity index is 2.13. The standard InChI is InChI=1S/C5H12NO4P/c6-5-2-1-4(10-5)3-9-11(7)8/h4-5,11H,1-3,6H2,(H,7,8). The van der Waals surface area contributed by atoms with Crippen molar-refractivity contribution in [3.63, 3.8) is 0 Å². The van der Waals surface area contributed by atoms with Gasteiger partial charge in [0, 0.05) is 0 Å². The van der Waals surface area contributed by atoms with Gasteiger partial charge < -0.3 is 19.9 Å². The second-order valence-electron chi connectivity index (χ2n) is 2.45. The van der Waals surface area contributed by atoms with E-state index in [1.807, 2.05) is 0 Å². The monoisotopic (exact) mass is 181 g/mol. The van der Waals surface area contributed by atoms with Crippen molar-refractivity contribution in [3.05, 3.63) is 0 Å². The Morgan fingerprint density at radius 1 is 1.73 bits per heavy atom. The highest BCUT2D eigenvalue weighted by Crippen LogP contribution is 2.21. The Morgan fingerprint density at radius 2 is 2.45 bits per heavy atom. The summed E-state index contributed by atoms with van der Waals surface area (Å²) in [7, 11) is -2.81. The minimum Gasteiger partial charge on any atom is -0.358 e. The second-order valence-corrected chi connectivity index (χ2v) is 3.27. The van der Waals surface area contributed by atoms with Gasteiger partial charge in [-0.2, -0.15) is 0 Å². The molecule has 0 radical (unpaired) electrons. The van der Waals surface area contributed by atoms with Crippen molar-refractivity contribution in [2.75, 3.05) is 6.61 Å². The van der Waals surface area contributed by atoms with Crippen molar-refractivity contribution >= 4 is 8.25 Å². The normalized spacial score (nSPS) is 34.0. The first kappa shape index (κ1) is 9.16. The van der Waals surface area contributed by atoms with Gasteiger partial charge in [-0.3, -0.25) is 4.57 Å². The molecule has 1 heterocycles. The maximum atomic E-state index is 10.1. The molecule has 0 saturated carbocycles. The first-order valence-corrected chi connectivity index (χ1v) is 4.71. The lowest BCUT2D eigenvalue weighted by Gasteiger charge is -2.08. The fraction of sp³-hybridized carbons (Fsp3) is 1.00. The third-order valence-corrected chi connectivity index (χ3v) is 1.95. The van der Waals surface area contributed by atoms with Crippen molar-refractivity contribution in [1.82, 2.24) is 0 Å². The van der Waals surface area contributed by atoms with E-state index >= 15 is 0 Å². The Hall–Kier alpha value is 0.0700. The van der Waals surface area contributed by atoms with E-state index in [9.17, 15) is 4.57 Å². The number of nitrogens with two attached hydrogens (primary N) is 1. The van der Waals surface area contributed by atoms with Gasteiger partial charge in [-0.25, -0.2) is 0 Å². The maximum Gasteiger partial charge on any atom is 0.316 e. The topological polar surface area (TPSA) is 81.8 Å². The molecule has 1 fully saturated rings. The predicted octanol–water partition coefficient (Wildman–Crippen LogP) is -0.151. The summed E-state index contributed by atoms with van der Waals surface area (Å²) in [6.07, 6.45) is 1.26. The summed E-state index contributed by atoms with van der Waals surface area (Å²) in [4.78, 5) is 8.32. The van der Waals surface area contributed by atoms with Crippen molar-refractivity contribution in [2.24, 2.45) is 5.73 Å². The lowest BCUT2D eigenvalue weighted by atomic mass is 10.2. The van der Waals surface area contributed by atoms with Crippen LogP contribution in [-0.2, 0) is 13.8 Å². The predicted molar refractivity (Wildman–Crippen MR) is 39.3 cm³/mol. The summed E-state index contributed by atoms with van der Waals surface area (Å²) >= 11 is 0. The zero-order chi connectivity index (χ0) is 8.27. The lowest BCUT2D eigenvalue weighted by molar-refractivity contribution is 0.0204. The highest BCUT2D eigenvalue weighted by molar-refractivity contribution is 7.32. The van der Waals surface area contributed by atoms with Gasteiger partial charge in [0.05, 0.1) is 12.7 Å². The van der Waals surface area contributed by atoms with Gasteiger partial charge in [0.2, 0.25) is 0 Å². The van der Waals surface area contributed by atoms with Crippen LogP contribution in [0, 0.1) is 0 Å². The van der Waals surface area contributed by atoms with Crippen molar-refractivity contribution in [1.29, 1.82) is 0 Å². The molecule has 66 valence electrons. The van der Waals surface area contributed by atoms with Gasteiger partial charge in [-0.05, 0) is 12.8 Å². The number of ether oxygens (including phenoxy) is 1. The largest absolute Gasteiger partial charge is 0.358 e. The fourth-order valence-corrected chi connectivity index (χ4v) is 1.35. The molecule has 3 unspecified atom stereocenters. The molecule has 0 bridgehead atoms. The first-order chi connectivity index (χ1) is 5.18. The van der Waals surface area contributed by atoms with E-state index in [2.05, 4.69) is 4.52 Å². The molecule has 1 aliphatic rings. The van der Waals surface area contributed by atoms with Crippen LogP contribution >= 0.6 is 8.25 Å². The molecule has 11 heavy (non-hydrogen) atoms. The second kappa shape index (κ2) is 4.18. The molecule has 1 rings (SSSR count). The van der Waals surface area contributed by atoms with Crippen LogP contribution in [0.15, 0.2) is 0 Å². The van der Waals surface area contributed by atoms with E-state index in [0.717, 1.165) is 12.8 Å². The van der Waals surface area contributed by atoms with Crippen LogP contribution in [0.3, 0.4) is 0 Å². The van der Waals surface area contributed by atoms with Crippen LogP contribution in [0.1, 0.15) is 12.8 Å². The third kappa shape index (κ3) is 3.31. The van der Waals surface area contributed by atoms with Crippen LogP contribution in [0.4, 0.5) is 0 Å². The summed E-state index contributed by atoms with van der Waals surface area (Å²) in [5.74, 6) is 0. The highest BCUT2D eigenvalue weighted by atomic mass is 31.1. The molecule has 3 atom stereocenters. The maximum absolute atomic E-state index is 10.1. The van der Waals surface area contributed by atoms with Crippen molar-refractivity contribution in [3.8, 4) is 0 Å². The van der Waals surface area contributed by atoms with Crippen LogP contribution < -0.4 is 5.73 Å². The van der Waals surface area contributed by atoms with Crippen molar-refractivity contribution < 1.29 is 18.7 Å². The number of hydrogen-bond donors (Lipinski definition) is 2. The minimum absolute atomic E-state index is 0.105. The van der Waals surface area contributed by atoms with E-state index in [1.165, 1.54) is 0 Å². The quantitative estimate of drug-likeness (QED) is 0.591. The average Bonchev–Trinajstić information content (AvgIpc) is 2.31. The molecule has 1 aliphatic heterocycles. The minimum atomic E-state index is -2.81. The van der Waals surface area contributed by atoms with Crippen LogP contribution in [0.25, 0.3) is 0 Å². The molecule has 0 amide bonds. The molecule has 6 heteroatoms. The summed E-state index contributed by atoms with van der Waals surface area (Å²) in [5, 5.41) is 0. The lowest BCUT2D eigenvalue weighted by Crippen LogP contribution is -2.21. The van der Waals surface area contributed by atoms with Crippen molar-refractivity contribution in [2.45, 2.75) is 25.2 Å². The molecule has 0 aromatic carbocycles. The molecule has 5 nitrogen and oxygen atoms in total. The van der Waals surface area contributed by atoms with E-state index < -0.39 is 8.25 Å². The fourth-order valence-electron chi connectivity index (χ4n) is 1.02. The number of rotatable bonds is 3. The molecule has 1 saturated heterocycles. The Kier molecular flexibility index (Phi) is 3.48. The molecule has 0 aromatic heterocycles. The Morgan fingerprint density at radius 3 is 2.91 bits per heavy atom. The summed E-state index contributed by atoms with van der Waals surface area (Å²) in [6, 6.07) is 0. The smallest absolute Gasteiger partial charge is 0.316 e. The van der Waals surface area contributed by atoms with Crippen LogP contribution in [-0.4, -0.2) is 23.8 Å². The molecule has 0 spiro atoms. The van der Waals surface area contributed by atoms with E-state index in [1.54, 1.807) is 0 Å². The average molecular weight is 181 g/mol. The van der Waals surface area contributed by atoms with E-state index in [4.69, 9.17) is 15.4 Å². The summed E-state index contributed by atoms with van der Waals surface area (Å²) in [5.41, 5.74) is 5.42. The molecule has 0 aromatic rings. The summed E-state index contributed by atoms with van der Waals surface area (Å²) < 4.78 is 19.7. The molecular weight excluding hydrogens is 169 g/mol. The molecule has 3 N–H and O–H groups in total. The van der Waals surface area contributed by atoms with Crippen LogP contribution in [0.5, 0.6) is 0 Å². The third-order valence-electron chi connectivity index (χ3n) is 1.53.